The van der Waals surface area contributed by atoms with Gasteiger partial charge in [-0.1, -0.05) is 0 Å². The van der Waals surface area contributed by atoms with Gasteiger partial charge < -0.3 is 5.32 Å². The average molecular weight is 303 g/mol. The van der Waals surface area contributed by atoms with Crippen molar-refractivity contribution in [3.8, 4) is 0 Å². The summed E-state index contributed by atoms with van der Waals surface area (Å²) in [6, 6.07) is 2.15. The summed E-state index contributed by atoms with van der Waals surface area (Å²) in [5.74, 6) is 0. The van der Waals surface area contributed by atoms with Crippen LogP contribution in [0.15, 0.2) is 21.4 Å². The number of rotatable bonds is 4. The summed E-state index contributed by atoms with van der Waals surface area (Å²) in [6.07, 6.45) is 0. The zero-order valence-electron chi connectivity index (χ0n) is 8.29. The van der Waals surface area contributed by atoms with E-state index in [1.165, 1.54) is 14.2 Å². The molecule has 0 radical (unpaired) electrons. The summed E-state index contributed by atoms with van der Waals surface area (Å²) in [5, 5.41) is 5.52. The molecule has 0 unspecified atom stereocenters. The number of hydrogen-bond acceptors (Lipinski definition) is 4. The Labute approximate surface area is 106 Å². The van der Waals surface area contributed by atoms with Gasteiger partial charge in [0.2, 0.25) is 0 Å². The molecular weight excluding hydrogens is 292 g/mol. The standard InChI is InChI=1S/C10H11BrN2S2/c1-7-10(15-6-13-7)4-12-3-9-2-8(11)5-14-9/h2,5-6,12H,3-4H2,1H3. The Morgan fingerprint density at radius 2 is 2.27 bits per heavy atom. The number of hydrogen-bond donors (Lipinski definition) is 1. The van der Waals surface area contributed by atoms with Gasteiger partial charge in [-0.15, -0.1) is 22.7 Å². The Balaban J connectivity index is 1.83. The molecule has 0 bridgehead atoms. The van der Waals surface area contributed by atoms with Crippen molar-refractivity contribution in [3.05, 3.63) is 36.9 Å². The number of thiazole rings is 1. The van der Waals surface area contributed by atoms with Crippen LogP contribution in [0.3, 0.4) is 0 Å². The van der Waals surface area contributed by atoms with Gasteiger partial charge >= 0.3 is 0 Å². The van der Waals surface area contributed by atoms with Crippen molar-refractivity contribution >= 4 is 38.6 Å². The van der Waals surface area contributed by atoms with E-state index in [1.807, 2.05) is 5.51 Å². The summed E-state index contributed by atoms with van der Waals surface area (Å²) < 4.78 is 1.17. The van der Waals surface area contributed by atoms with Gasteiger partial charge in [0.25, 0.3) is 0 Å². The number of thiophene rings is 1. The SMILES string of the molecule is Cc1ncsc1CNCc1cc(Br)cs1. The quantitative estimate of drug-likeness (QED) is 0.934. The summed E-state index contributed by atoms with van der Waals surface area (Å²) in [5.41, 5.74) is 3.04. The first-order chi connectivity index (χ1) is 7.25. The third-order valence-corrected chi connectivity index (χ3v) is 4.68. The largest absolute Gasteiger partial charge is 0.307 e. The molecule has 0 aromatic carbocycles. The monoisotopic (exact) mass is 302 g/mol. The molecule has 2 nitrogen and oxygen atoms in total. The van der Waals surface area contributed by atoms with E-state index < -0.39 is 0 Å². The van der Waals surface area contributed by atoms with E-state index >= 15 is 0 Å². The summed E-state index contributed by atoms with van der Waals surface area (Å²) >= 11 is 6.93. The van der Waals surface area contributed by atoms with Crippen molar-refractivity contribution in [2.24, 2.45) is 0 Å². The molecule has 2 heterocycles. The van der Waals surface area contributed by atoms with E-state index in [2.05, 4.69) is 44.6 Å². The Morgan fingerprint density at radius 3 is 2.87 bits per heavy atom. The van der Waals surface area contributed by atoms with Crippen molar-refractivity contribution < 1.29 is 0 Å². The highest BCUT2D eigenvalue weighted by Crippen LogP contribution is 2.19. The van der Waals surface area contributed by atoms with Crippen molar-refractivity contribution in [3.63, 3.8) is 0 Å². The average Bonchev–Trinajstić information content (AvgIpc) is 2.77. The molecule has 5 heteroatoms. The molecule has 0 aliphatic rings. The van der Waals surface area contributed by atoms with Gasteiger partial charge in [0.15, 0.2) is 0 Å². The lowest BCUT2D eigenvalue weighted by Gasteiger charge is -2.00. The van der Waals surface area contributed by atoms with Crippen molar-refractivity contribution in [1.29, 1.82) is 0 Å². The van der Waals surface area contributed by atoms with Gasteiger partial charge in [-0.2, -0.15) is 0 Å². The van der Waals surface area contributed by atoms with E-state index in [-0.39, 0.29) is 0 Å². The molecular formula is C10H11BrN2S2. The highest BCUT2D eigenvalue weighted by atomic mass is 79.9. The van der Waals surface area contributed by atoms with Gasteiger partial charge in [-0.25, -0.2) is 4.98 Å². The fraction of sp³-hybridized carbons (Fsp3) is 0.300. The van der Waals surface area contributed by atoms with Crippen LogP contribution in [0.4, 0.5) is 0 Å². The van der Waals surface area contributed by atoms with E-state index in [4.69, 9.17) is 0 Å². The minimum absolute atomic E-state index is 0.909. The Kier molecular flexibility index (Phi) is 3.91. The zero-order valence-corrected chi connectivity index (χ0v) is 11.5. The molecule has 0 aliphatic carbocycles. The minimum Gasteiger partial charge on any atom is -0.307 e. The lowest BCUT2D eigenvalue weighted by molar-refractivity contribution is 0.704. The van der Waals surface area contributed by atoms with E-state index in [0.29, 0.717) is 0 Å². The van der Waals surface area contributed by atoms with E-state index in [9.17, 15) is 0 Å². The van der Waals surface area contributed by atoms with Crippen molar-refractivity contribution in [1.82, 2.24) is 10.3 Å². The highest BCUT2D eigenvalue weighted by Gasteiger charge is 2.01. The van der Waals surface area contributed by atoms with Crippen LogP contribution in [0, 0.1) is 6.92 Å². The van der Waals surface area contributed by atoms with E-state index in [0.717, 1.165) is 18.8 Å². The second kappa shape index (κ2) is 5.21. The van der Waals surface area contributed by atoms with Gasteiger partial charge in [0, 0.05) is 32.7 Å². The molecule has 0 atom stereocenters. The normalized spacial score (nSPS) is 10.8. The van der Waals surface area contributed by atoms with Crippen LogP contribution in [0.1, 0.15) is 15.4 Å². The first kappa shape index (κ1) is 11.3. The van der Waals surface area contributed by atoms with Gasteiger partial charge in [0.05, 0.1) is 11.2 Å². The van der Waals surface area contributed by atoms with Crippen molar-refractivity contribution in [2.75, 3.05) is 0 Å². The van der Waals surface area contributed by atoms with Crippen LogP contribution in [-0.4, -0.2) is 4.98 Å². The number of halogens is 1. The molecule has 15 heavy (non-hydrogen) atoms. The third kappa shape index (κ3) is 3.11. The summed E-state index contributed by atoms with van der Waals surface area (Å²) in [6.45, 7) is 3.88. The van der Waals surface area contributed by atoms with Crippen LogP contribution in [0.25, 0.3) is 0 Å². The van der Waals surface area contributed by atoms with Gasteiger partial charge in [0.1, 0.15) is 0 Å². The molecule has 0 saturated heterocycles. The van der Waals surface area contributed by atoms with Gasteiger partial charge in [-0.3, -0.25) is 0 Å². The van der Waals surface area contributed by atoms with Crippen LogP contribution in [0.2, 0.25) is 0 Å². The topological polar surface area (TPSA) is 24.9 Å². The second-order valence-electron chi connectivity index (χ2n) is 3.20. The second-order valence-corrected chi connectivity index (χ2v) is 6.05. The first-order valence-electron chi connectivity index (χ1n) is 4.58. The molecule has 0 saturated carbocycles. The maximum absolute atomic E-state index is 4.22. The van der Waals surface area contributed by atoms with Crippen LogP contribution >= 0.6 is 38.6 Å². The van der Waals surface area contributed by atoms with Gasteiger partial charge in [-0.05, 0) is 28.9 Å². The van der Waals surface area contributed by atoms with Crippen molar-refractivity contribution in [2.45, 2.75) is 20.0 Å². The van der Waals surface area contributed by atoms with Crippen LogP contribution in [-0.2, 0) is 13.1 Å². The predicted octanol–water partition coefficient (Wildman–Crippen LogP) is 3.57. The zero-order chi connectivity index (χ0) is 10.7. The molecule has 0 spiro atoms. The molecule has 1 N–H and O–H groups in total. The summed E-state index contributed by atoms with van der Waals surface area (Å²) in [4.78, 5) is 6.90. The number of aromatic nitrogens is 1. The van der Waals surface area contributed by atoms with Crippen LogP contribution < -0.4 is 5.32 Å². The number of nitrogens with zero attached hydrogens (tertiary/aromatic N) is 1. The Hall–Kier alpha value is -0.230. The first-order valence-corrected chi connectivity index (χ1v) is 7.13. The molecule has 2 aromatic rings. The number of aryl methyl sites for hydroxylation is 1. The smallest absolute Gasteiger partial charge is 0.0798 e. The lowest BCUT2D eigenvalue weighted by Crippen LogP contribution is -2.11. The lowest BCUT2D eigenvalue weighted by atomic mass is 10.4. The minimum atomic E-state index is 0.909. The maximum Gasteiger partial charge on any atom is 0.0798 e. The molecule has 2 aromatic heterocycles. The predicted molar refractivity (Wildman–Crippen MR) is 69.4 cm³/mol. The molecule has 0 aliphatic heterocycles. The fourth-order valence-corrected chi connectivity index (χ4v) is 3.41. The Morgan fingerprint density at radius 1 is 1.40 bits per heavy atom. The molecule has 80 valence electrons. The number of nitrogens with one attached hydrogen (secondary N) is 1. The molecule has 2 rings (SSSR count). The summed E-state index contributed by atoms with van der Waals surface area (Å²) in [7, 11) is 0. The fourth-order valence-electron chi connectivity index (χ4n) is 1.24. The molecule has 0 fully saturated rings. The maximum atomic E-state index is 4.22. The third-order valence-electron chi connectivity index (χ3n) is 2.05. The van der Waals surface area contributed by atoms with E-state index in [1.54, 1.807) is 22.7 Å². The van der Waals surface area contributed by atoms with Crippen LogP contribution in [0.5, 0.6) is 0 Å². The molecule has 0 amide bonds. The Bertz CT molecular complexity index is 436. The highest BCUT2D eigenvalue weighted by molar-refractivity contribution is 9.10.